The van der Waals surface area contributed by atoms with E-state index in [1.165, 1.54) is 0 Å². The van der Waals surface area contributed by atoms with Crippen LogP contribution in [0.5, 0.6) is 0 Å². The average Bonchev–Trinajstić information content (AvgIpc) is 3.10. The summed E-state index contributed by atoms with van der Waals surface area (Å²) in [6.07, 6.45) is 3.39. The van der Waals surface area contributed by atoms with Crippen LogP contribution in [0.2, 0.25) is 10.0 Å². The van der Waals surface area contributed by atoms with Crippen LogP contribution in [0.15, 0.2) is 73.1 Å². The molecule has 0 fully saturated rings. The largest absolute Gasteiger partial charge is 0.319 e. The van der Waals surface area contributed by atoms with Crippen molar-refractivity contribution in [1.29, 1.82) is 0 Å². The molecule has 6 heteroatoms. The Morgan fingerprint density at radius 1 is 1.04 bits per heavy atom. The van der Waals surface area contributed by atoms with Crippen molar-refractivity contribution in [3.63, 3.8) is 0 Å². The van der Waals surface area contributed by atoms with Crippen LogP contribution in [-0.2, 0) is 6.54 Å². The standard InChI is InChI=1S/C21H15Cl2N3O/c22-16-9-8-15(20(23)10-16)12-26-13-17(11-24-26)25-21(27)19-7-3-5-14-4-1-2-6-18(14)19/h1-11,13H,12H2,(H,25,27). The number of carbonyl (C=O) groups excluding carboxylic acids is 1. The van der Waals surface area contributed by atoms with Crippen LogP contribution in [0.3, 0.4) is 0 Å². The van der Waals surface area contributed by atoms with Gasteiger partial charge in [0.25, 0.3) is 5.91 Å². The Hall–Kier alpha value is -2.82. The van der Waals surface area contributed by atoms with Gasteiger partial charge in [-0.15, -0.1) is 0 Å². The quantitative estimate of drug-likeness (QED) is 0.485. The number of nitrogens with one attached hydrogen (secondary N) is 1. The molecule has 0 spiro atoms. The summed E-state index contributed by atoms with van der Waals surface area (Å²) < 4.78 is 1.72. The van der Waals surface area contributed by atoms with Gasteiger partial charge in [-0.25, -0.2) is 0 Å². The van der Waals surface area contributed by atoms with E-state index in [0.29, 0.717) is 27.8 Å². The van der Waals surface area contributed by atoms with E-state index in [1.807, 2.05) is 48.5 Å². The molecular weight excluding hydrogens is 381 g/mol. The second-order valence-electron chi connectivity index (χ2n) is 6.14. The van der Waals surface area contributed by atoms with Crippen molar-refractivity contribution < 1.29 is 4.79 Å². The van der Waals surface area contributed by atoms with Crippen LogP contribution in [0.1, 0.15) is 15.9 Å². The first-order chi connectivity index (χ1) is 13.1. The highest BCUT2D eigenvalue weighted by Gasteiger charge is 2.11. The molecule has 1 aromatic heterocycles. The number of hydrogen-bond acceptors (Lipinski definition) is 2. The first-order valence-corrected chi connectivity index (χ1v) is 9.11. The average molecular weight is 396 g/mol. The Morgan fingerprint density at radius 3 is 2.70 bits per heavy atom. The molecule has 0 aliphatic carbocycles. The van der Waals surface area contributed by atoms with E-state index in [0.717, 1.165) is 16.3 Å². The van der Waals surface area contributed by atoms with Gasteiger partial charge in [-0.1, -0.05) is 65.7 Å². The number of anilines is 1. The first kappa shape index (κ1) is 17.6. The van der Waals surface area contributed by atoms with Crippen LogP contribution < -0.4 is 5.32 Å². The predicted molar refractivity (Wildman–Crippen MR) is 110 cm³/mol. The highest BCUT2D eigenvalue weighted by molar-refractivity contribution is 6.35. The zero-order chi connectivity index (χ0) is 18.8. The molecule has 0 aliphatic rings. The summed E-state index contributed by atoms with van der Waals surface area (Å²) in [7, 11) is 0. The molecule has 0 saturated carbocycles. The minimum atomic E-state index is -0.170. The van der Waals surface area contributed by atoms with Crippen molar-refractivity contribution in [2.45, 2.75) is 6.54 Å². The third-order valence-electron chi connectivity index (χ3n) is 4.27. The van der Waals surface area contributed by atoms with Gasteiger partial charge in [-0.05, 0) is 34.5 Å². The van der Waals surface area contributed by atoms with E-state index in [-0.39, 0.29) is 5.91 Å². The number of halogens is 2. The molecule has 0 atom stereocenters. The molecule has 1 N–H and O–H groups in total. The fourth-order valence-electron chi connectivity index (χ4n) is 2.96. The third-order valence-corrected chi connectivity index (χ3v) is 4.86. The summed E-state index contributed by atoms with van der Waals surface area (Å²) in [5, 5.41) is 10.3. The summed E-state index contributed by atoms with van der Waals surface area (Å²) in [4.78, 5) is 12.7. The minimum Gasteiger partial charge on any atom is -0.319 e. The lowest BCUT2D eigenvalue weighted by atomic mass is 10.0. The zero-order valence-electron chi connectivity index (χ0n) is 14.2. The van der Waals surface area contributed by atoms with Gasteiger partial charge in [0, 0.05) is 21.8 Å². The number of amides is 1. The summed E-state index contributed by atoms with van der Waals surface area (Å²) >= 11 is 12.1. The second-order valence-corrected chi connectivity index (χ2v) is 6.99. The summed E-state index contributed by atoms with van der Waals surface area (Å²) in [5.74, 6) is -0.170. The molecule has 1 heterocycles. The molecule has 3 aromatic carbocycles. The highest BCUT2D eigenvalue weighted by atomic mass is 35.5. The van der Waals surface area contributed by atoms with Gasteiger partial charge in [0.2, 0.25) is 0 Å². The molecule has 1 amide bonds. The molecule has 27 heavy (non-hydrogen) atoms. The minimum absolute atomic E-state index is 0.170. The lowest BCUT2D eigenvalue weighted by Gasteiger charge is -2.07. The SMILES string of the molecule is O=C(Nc1cnn(Cc2ccc(Cl)cc2Cl)c1)c1cccc2ccccc12. The van der Waals surface area contributed by atoms with Gasteiger partial charge < -0.3 is 5.32 Å². The predicted octanol–water partition coefficient (Wildman–Crippen LogP) is 5.64. The first-order valence-electron chi connectivity index (χ1n) is 8.36. The van der Waals surface area contributed by atoms with Crippen molar-refractivity contribution in [3.8, 4) is 0 Å². The van der Waals surface area contributed by atoms with E-state index >= 15 is 0 Å². The van der Waals surface area contributed by atoms with Gasteiger partial charge in [0.1, 0.15) is 0 Å². The molecule has 0 unspecified atom stereocenters. The Kier molecular flexibility index (Phi) is 4.84. The molecule has 4 rings (SSSR count). The van der Waals surface area contributed by atoms with E-state index in [9.17, 15) is 4.79 Å². The molecule has 0 aliphatic heterocycles. The molecule has 0 radical (unpaired) electrons. The number of nitrogens with zero attached hydrogens (tertiary/aromatic N) is 2. The number of benzene rings is 3. The maximum atomic E-state index is 12.7. The monoisotopic (exact) mass is 395 g/mol. The molecule has 0 bridgehead atoms. The lowest BCUT2D eigenvalue weighted by molar-refractivity contribution is 0.102. The fourth-order valence-corrected chi connectivity index (χ4v) is 3.43. The van der Waals surface area contributed by atoms with Crippen LogP contribution in [0, 0.1) is 0 Å². The number of aromatic nitrogens is 2. The van der Waals surface area contributed by atoms with Crippen LogP contribution in [-0.4, -0.2) is 15.7 Å². The number of fused-ring (bicyclic) bond motifs is 1. The molecule has 4 aromatic rings. The molecule has 4 nitrogen and oxygen atoms in total. The smallest absolute Gasteiger partial charge is 0.256 e. The van der Waals surface area contributed by atoms with Crippen molar-refractivity contribution >= 4 is 45.6 Å². The Bertz CT molecular complexity index is 1130. The van der Waals surface area contributed by atoms with Crippen molar-refractivity contribution in [2.75, 3.05) is 5.32 Å². The Labute approximate surface area is 166 Å². The fraction of sp³-hybridized carbons (Fsp3) is 0.0476. The number of carbonyl (C=O) groups is 1. The van der Waals surface area contributed by atoms with Crippen LogP contribution in [0.25, 0.3) is 10.8 Å². The Balaban J connectivity index is 1.53. The second kappa shape index (κ2) is 7.43. The Morgan fingerprint density at radius 2 is 1.85 bits per heavy atom. The van der Waals surface area contributed by atoms with Crippen LogP contribution >= 0.6 is 23.2 Å². The third kappa shape index (κ3) is 3.82. The highest BCUT2D eigenvalue weighted by Crippen LogP contribution is 2.23. The molecule has 0 saturated heterocycles. The van der Waals surface area contributed by atoms with E-state index in [2.05, 4.69) is 10.4 Å². The lowest BCUT2D eigenvalue weighted by Crippen LogP contribution is -2.12. The van der Waals surface area contributed by atoms with Gasteiger partial charge in [0.15, 0.2) is 0 Å². The van der Waals surface area contributed by atoms with Gasteiger partial charge in [-0.2, -0.15) is 5.10 Å². The summed E-state index contributed by atoms with van der Waals surface area (Å²) in [5.41, 5.74) is 2.15. The van der Waals surface area contributed by atoms with E-state index in [1.54, 1.807) is 29.2 Å². The van der Waals surface area contributed by atoms with Gasteiger partial charge in [0.05, 0.1) is 18.4 Å². The van der Waals surface area contributed by atoms with Crippen molar-refractivity contribution in [2.24, 2.45) is 0 Å². The van der Waals surface area contributed by atoms with Crippen molar-refractivity contribution in [1.82, 2.24) is 9.78 Å². The van der Waals surface area contributed by atoms with Gasteiger partial charge >= 0.3 is 0 Å². The number of hydrogen-bond donors (Lipinski definition) is 1. The van der Waals surface area contributed by atoms with Crippen molar-refractivity contribution in [3.05, 3.63) is 94.2 Å². The van der Waals surface area contributed by atoms with Gasteiger partial charge in [-0.3, -0.25) is 9.48 Å². The van der Waals surface area contributed by atoms with Crippen LogP contribution in [0.4, 0.5) is 5.69 Å². The maximum absolute atomic E-state index is 12.7. The van der Waals surface area contributed by atoms with E-state index in [4.69, 9.17) is 23.2 Å². The molecule has 134 valence electrons. The molecular formula is C21H15Cl2N3O. The maximum Gasteiger partial charge on any atom is 0.256 e. The zero-order valence-corrected chi connectivity index (χ0v) is 15.7. The summed E-state index contributed by atoms with van der Waals surface area (Å²) in [6, 6.07) is 18.8. The normalized spacial score (nSPS) is 10.9. The summed E-state index contributed by atoms with van der Waals surface area (Å²) in [6.45, 7) is 0.486. The number of rotatable bonds is 4. The topological polar surface area (TPSA) is 46.9 Å². The van der Waals surface area contributed by atoms with E-state index < -0.39 is 0 Å².